The largest absolute Gasteiger partial charge is 0.294 e. The van der Waals surface area contributed by atoms with Crippen LogP contribution in [0.15, 0.2) is 22.7 Å². The Labute approximate surface area is 89.2 Å². The molecule has 0 aliphatic carbocycles. The first kappa shape index (κ1) is 10.8. The van der Waals surface area contributed by atoms with Crippen molar-refractivity contribution < 1.29 is 9.72 Å². The summed E-state index contributed by atoms with van der Waals surface area (Å²) in [6.07, 6.45) is 0.333. The van der Waals surface area contributed by atoms with Crippen LogP contribution in [-0.2, 0) is 0 Å². The van der Waals surface area contributed by atoms with Gasteiger partial charge in [-0.05, 0) is 22.0 Å². The van der Waals surface area contributed by atoms with E-state index in [1.807, 2.05) is 0 Å². The topological polar surface area (TPSA) is 60.2 Å². The first-order valence-corrected chi connectivity index (χ1v) is 4.83. The van der Waals surface area contributed by atoms with Gasteiger partial charge in [0.15, 0.2) is 5.78 Å². The van der Waals surface area contributed by atoms with E-state index >= 15 is 0 Å². The van der Waals surface area contributed by atoms with Crippen LogP contribution in [0.4, 0.5) is 5.69 Å². The second kappa shape index (κ2) is 4.32. The van der Waals surface area contributed by atoms with Crippen molar-refractivity contribution in [3.63, 3.8) is 0 Å². The maximum atomic E-state index is 11.4. The summed E-state index contributed by atoms with van der Waals surface area (Å²) in [6, 6.07) is 4.44. The minimum Gasteiger partial charge on any atom is -0.294 e. The van der Waals surface area contributed by atoms with Gasteiger partial charge in [-0.3, -0.25) is 14.9 Å². The van der Waals surface area contributed by atoms with Crippen LogP contribution < -0.4 is 0 Å². The Balaban J connectivity index is 3.27. The molecule has 1 aromatic rings. The highest BCUT2D eigenvalue weighted by Crippen LogP contribution is 2.28. The van der Waals surface area contributed by atoms with E-state index in [0.29, 0.717) is 12.0 Å². The van der Waals surface area contributed by atoms with Crippen LogP contribution in [0.1, 0.15) is 23.7 Å². The van der Waals surface area contributed by atoms with Crippen molar-refractivity contribution in [2.45, 2.75) is 13.3 Å². The summed E-state index contributed by atoms with van der Waals surface area (Å²) in [7, 11) is 0. The predicted octanol–water partition coefficient (Wildman–Crippen LogP) is 2.95. The number of halogens is 1. The van der Waals surface area contributed by atoms with Crippen molar-refractivity contribution in [2.75, 3.05) is 0 Å². The van der Waals surface area contributed by atoms with Gasteiger partial charge in [0.05, 0.1) is 4.92 Å². The predicted molar refractivity (Wildman–Crippen MR) is 55.4 cm³/mol. The van der Waals surface area contributed by atoms with Crippen molar-refractivity contribution in [3.8, 4) is 0 Å². The van der Waals surface area contributed by atoms with Crippen LogP contribution in [0.3, 0.4) is 0 Å². The fourth-order valence-corrected chi connectivity index (χ4v) is 1.70. The standard InChI is InChI=1S/C9H8BrNO3/c1-2-8(12)6-4-3-5-7(9(6)10)11(13)14/h3-5H,2H2,1H3. The van der Waals surface area contributed by atoms with E-state index in [1.54, 1.807) is 13.0 Å². The normalized spacial score (nSPS) is 9.86. The van der Waals surface area contributed by atoms with Crippen LogP contribution in [0, 0.1) is 10.1 Å². The van der Waals surface area contributed by atoms with Crippen molar-refractivity contribution in [1.29, 1.82) is 0 Å². The van der Waals surface area contributed by atoms with E-state index in [1.165, 1.54) is 12.1 Å². The molecule has 0 aliphatic rings. The second-order valence-electron chi connectivity index (χ2n) is 2.67. The Hall–Kier alpha value is -1.23. The van der Waals surface area contributed by atoms with Crippen molar-refractivity contribution >= 4 is 27.4 Å². The van der Waals surface area contributed by atoms with Crippen LogP contribution in [-0.4, -0.2) is 10.7 Å². The van der Waals surface area contributed by atoms with Gasteiger partial charge in [0.25, 0.3) is 5.69 Å². The lowest BCUT2D eigenvalue weighted by Gasteiger charge is -2.01. The highest BCUT2D eigenvalue weighted by atomic mass is 79.9. The lowest BCUT2D eigenvalue weighted by molar-refractivity contribution is -0.385. The molecule has 0 unspecified atom stereocenters. The molecule has 0 saturated carbocycles. The first-order valence-electron chi connectivity index (χ1n) is 4.04. The Morgan fingerprint density at radius 2 is 2.21 bits per heavy atom. The number of nitrogens with zero attached hydrogens (tertiary/aromatic N) is 1. The van der Waals surface area contributed by atoms with E-state index in [-0.39, 0.29) is 15.9 Å². The van der Waals surface area contributed by atoms with E-state index in [2.05, 4.69) is 15.9 Å². The summed E-state index contributed by atoms with van der Waals surface area (Å²) in [4.78, 5) is 21.4. The molecule has 5 heteroatoms. The first-order chi connectivity index (χ1) is 6.57. The molecule has 0 N–H and O–H groups in total. The van der Waals surface area contributed by atoms with Gasteiger partial charge in [-0.2, -0.15) is 0 Å². The zero-order valence-electron chi connectivity index (χ0n) is 7.49. The SMILES string of the molecule is CCC(=O)c1cccc([N+](=O)[O-])c1Br. The van der Waals surface area contributed by atoms with E-state index in [0.717, 1.165) is 0 Å². The Kier molecular flexibility index (Phi) is 3.35. The van der Waals surface area contributed by atoms with Gasteiger partial charge in [-0.15, -0.1) is 0 Å². The number of benzene rings is 1. The number of hydrogen-bond donors (Lipinski definition) is 0. The molecule has 4 nitrogen and oxygen atoms in total. The number of ketones is 1. The summed E-state index contributed by atoms with van der Waals surface area (Å²) in [5.74, 6) is -0.111. The minimum atomic E-state index is -0.517. The zero-order chi connectivity index (χ0) is 10.7. The van der Waals surface area contributed by atoms with Gasteiger partial charge in [0.2, 0.25) is 0 Å². The minimum absolute atomic E-state index is 0.0794. The molecule has 0 saturated heterocycles. The molecular formula is C9H8BrNO3. The van der Waals surface area contributed by atoms with E-state index < -0.39 is 4.92 Å². The molecule has 0 atom stereocenters. The maximum absolute atomic E-state index is 11.4. The van der Waals surface area contributed by atoms with Gasteiger partial charge in [0.1, 0.15) is 4.47 Å². The molecule has 0 aliphatic heterocycles. The third-order valence-electron chi connectivity index (χ3n) is 1.80. The summed E-state index contributed by atoms with van der Waals surface area (Å²) in [5, 5.41) is 10.5. The van der Waals surface area contributed by atoms with Crippen LogP contribution >= 0.6 is 15.9 Å². The molecular weight excluding hydrogens is 250 g/mol. The zero-order valence-corrected chi connectivity index (χ0v) is 9.08. The molecule has 0 aromatic heterocycles. The molecule has 1 aromatic carbocycles. The molecule has 0 amide bonds. The molecule has 14 heavy (non-hydrogen) atoms. The lowest BCUT2D eigenvalue weighted by atomic mass is 10.1. The Morgan fingerprint density at radius 3 is 2.71 bits per heavy atom. The maximum Gasteiger partial charge on any atom is 0.284 e. The smallest absolute Gasteiger partial charge is 0.284 e. The molecule has 0 radical (unpaired) electrons. The molecule has 1 rings (SSSR count). The molecule has 0 heterocycles. The summed E-state index contributed by atoms with van der Waals surface area (Å²) >= 11 is 3.06. The van der Waals surface area contributed by atoms with Gasteiger partial charge in [-0.1, -0.05) is 13.0 Å². The molecule has 74 valence electrons. The third kappa shape index (κ3) is 1.98. The number of nitro groups is 1. The van der Waals surface area contributed by atoms with Crippen LogP contribution in [0.5, 0.6) is 0 Å². The second-order valence-corrected chi connectivity index (χ2v) is 3.47. The number of hydrogen-bond acceptors (Lipinski definition) is 3. The highest BCUT2D eigenvalue weighted by Gasteiger charge is 2.17. The third-order valence-corrected chi connectivity index (χ3v) is 2.63. The fraction of sp³-hybridized carbons (Fsp3) is 0.222. The highest BCUT2D eigenvalue weighted by molar-refractivity contribution is 9.10. The number of Topliss-reactive ketones (excluding diaryl/α,β-unsaturated/α-hetero) is 1. The number of nitro benzene ring substituents is 1. The number of rotatable bonds is 3. The van der Waals surface area contributed by atoms with Crippen molar-refractivity contribution in [2.24, 2.45) is 0 Å². The average molecular weight is 258 g/mol. The van der Waals surface area contributed by atoms with Gasteiger partial charge >= 0.3 is 0 Å². The monoisotopic (exact) mass is 257 g/mol. The van der Waals surface area contributed by atoms with Gasteiger partial charge in [-0.25, -0.2) is 0 Å². The molecule has 0 bridgehead atoms. The fourth-order valence-electron chi connectivity index (χ4n) is 1.07. The molecule has 0 fully saturated rings. The van der Waals surface area contributed by atoms with Crippen molar-refractivity contribution in [1.82, 2.24) is 0 Å². The summed E-state index contributed by atoms with van der Waals surface area (Å²) < 4.78 is 0.261. The molecule has 0 spiro atoms. The van der Waals surface area contributed by atoms with Crippen LogP contribution in [0.25, 0.3) is 0 Å². The Morgan fingerprint density at radius 1 is 1.57 bits per heavy atom. The number of carbonyl (C=O) groups is 1. The lowest BCUT2D eigenvalue weighted by Crippen LogP contribution is -2.00. The van der Waals surface area contributed by atoms with E-state index in [4.69, 9.17) is 0 Å². The summed E-state index contributed by atoms with van der Waals surface area (Å²) in [5.41, 5.74) is 0.283. The van der Waals surface area contributed by atoms with Crippen LogP contribution in [0.2, 0.25) is 0 Å². The average Bonchev–Trinajstić information content (AvgIpc) is 2.16. The number of carbonyl (C=O) groups excluding carboxylic acids is 1. The van der Waals surface area contributed by atoms with Gasteiger partial charge in [0, 0.05) is 18.1 Å². The van der Waals surface area contributed by atoms with Crippen molar-refractivity contribution in [3.05, 3.63) is 38.3 Å². The summed E-state index contributed by atoms with van der Waals surface area (Å²) in [6.45, 7) is 1.72. The van der Waals surface area contributed by atoms with E-state index in [9.17, 15) is 14.9 Å². The van der Waals surface area contributed by atoms with Gasteiger partial charge < -0.3 is 0 Å². The quantitative estimate of drug-likeness (QED) is 0.475. The Bertz CT molecular complexity index is 390.